The Morgan fingerprint density at radius 2 is 1.96 bits per heavy atom. The van der Waals surface area contributed by atoms with E-state index in [2.05, 4.69) is 10.1 Å². The summed E-state index contributed by atoms with van der Waals surface area (Å²) in [5, 5.41) is 4.17. The third kappa shape index (κ3) is 3.65. The number of hydrogen-bond donors (Lipinski definition) is 0. The predicted octanol–water partition coefficient (Wildman–Crippen LogP) is 2.97. The molecule has 7 heteroatoms. The van der Waals surface area contributed by atoms with E-state index in [0.29, 0.717) is 17.4 Å². The van der Waals surface area contributed by atoms with Gasteiger partial charge in [-0.2, -0.15) is 0 Å². The quantitative estimate of drug-likeness (QED) is 0.689. The van der Waals surface area contributed by atoms with Gasteiger partial charge in [0.1, 0.15) is 11.0 Å². The summed E-state index contributed by atoms with van der Waals surface area (Å²) < 4.78 is 19.1. The largest absolute Gasteiger partial charge is 0.441 e. The smallest absolute Gasteiger partial charge is 0.296 e. The second-order valence-electron chi connectivity index (χ2n) is 5.19. The van der Waals surface area contributed by atoms with Crippen molar-refractivity contribution in [2.24, 2.45) is 0 Å². The Morgan fingerprint density at radius 1 is 1.22 bits per heavy atom. The van der Waals surface area contributed by atoms with Crippen molar-refractivity contribution < 1.29 is 8.91 Å². The van der Waals surface area contributed by atoms with E-state index in [1.165, 1.54) is 16.7 Å². The minimum Gasteiger partial charge on any atom is -0.296 e. The first-order chi connectivity index (χ1) is 11.0. The molecular formula is C16H13ClFN3O2. The molecule has 0 amide bonds. The SMILES string of the molecule is Cc1cc(Cn2c(Cc3ccc(F)cc3)noc2=O)cc(Cl)n1. The van der Waals surface area contributed by atoms with Gasteiger partial charge in [-0.15, -0.1) is 0 Å². The fourth-order valence-corrected chi connectivity index (χ4v) is 2.61. The zero-order chi connectivity index (χ0) is 16.4. The lowest BCUT2D eigenvalue weighted by atomic mass is 10.1. The number of hydrogen-bond acceptors (Lipinski definition) is 4. The summed E-state index contributed by atoms with van der Waals surface area (Å²) in [7, 11) is 0. The maximum Gasteiger partial charge on any atom is 0.441 e. The van der Waals surface area contributed by atoms with Crippen LogP contribution in [0.5, 0.6) is 0 Å². The van der Waals surface area contributed by atoms with Gasteiger partial charge >= 0.3 is 5.76 Å². The Kier molecular flexibility index (Phi) is 4.25. The molecule has 0 aliphatic carbocycles. The maximum atomic E-state index is 13.0. The third-order valence-corrected chi connectivity index (χ3v) is 3.55. The van der Waals surface area contributed by atoms with Gasteiger partial charge in [-0.3, -0.25) is 9.09 Å². The van der Waals surface area contributed by atoms with Gasteiger partial charge in [0.2, 0.25) is 0 Å². The lowest BCUT2D eigenvalue weighted by Gasteiger charge is -2.06. The zero-order valence-corrected chi connectivity index (χ0v) is 13.0. The molecule has 118 valence electrons. The molecule has 2 aromatic heterocycles. The number of pyridine rings is 1. The van der Waals surface area contributed by atoms with Gasteiger partial charge < -0.3 is 0 Å². The highest BCUT2D eigenvalue weighted by atomic mass is 35.5. The van der Waals surface area contributed by atoms with Crippen LogP contribution >= 0.6 is 11.6 Å². The fraction of sp³-hybridized carbons (Fsp3) is 0.188. The molecule has 0 saturated carbocycles. The van der Waals surface area contributed by atoms with Crippen molar-refractivity contribution >= 4 is 11.6 Å². The number of nitrogens with zero attached hydrogens (tertiary/aromatic N) is 3. The second-order valence-corrected chi connectivity index (χ2v) is 5.58. The number of aromatic nitrogens is 3. The van der Waals surface area contributed by atoms with E-state index in [4.69, 9.17) is 16.1 Å². The summed E-state index contributed by atoms with van der Waals surface area (Å²) in [6.07, 6.45) is 0.365. The van der Waals surface area contributed by atoms with Crippen molar-refractivity contribution in [2.45, 2.75) is 19.9 Å². The molecule has 0 fully saturated rings. The topological polar surface area (TPSA) is 60.9 Å². The second kappa shape index (κ2) is 6.34. The van der Waals surface area contributed by atoms with E-state index in [0.717, 1.165) is 16.8 Å². The van der Waals surface area contributed by atoms with E-state index in [1.54, 1.807) is 18.2 Å². The number of aryl methyl sites for hydroxylation is 1. The Balaban J connectivity index is 1.89. The first-order valence-electron chi connectivity index (χ1n) is 6.94. The predicted molar refractivity (Wildman–Crippen MR) is 83.1 cm³/mol. The Morgan fingerprint density at radius 3 is 2.65 bits per heavy atom. The first-order valence-corrected chi connectivity index (χ1v) is 7.32. The van der Waals surface area contributed by atoms with Crippen LogP contribution in [-0.4, -0.2) is 14.7 Å². The van der Waals surface area contributed by atoms with Gasteiger partial charge in [0.15, 0.2) is 5.82 Å². The zero-order valence-electron chi connectivity index (χ0n) is 12.3. The van der Waals surface area contributed by atoms with Crippen LogP contribution in [-0.2, 0) is 13.0 Å². The molecule has 0 bridgehead atoms. The highest BCUT2D eigenvalue weighted by molar-refractivity contribution is 6.29. The van der Waals surface area contributed by atoms with Crippen LogP contribution in [0.2, 0.25) is 5.15 Å². The molecule has 0 saturated heterocycles. The molecular weight excluding hydrogens is 321 g/mol. The van der Waals surface area contributed by atoms with Crippen LogP contribution in [0.25, 0.3) is 0 Å². The minimum atomic E-state index is -0.548. The van der Waals surface area contributed by atoms with Gasteiger partial charge in [0, 0.05) is 12.1 Å². The van der Waals surface area contributed by atoms with E-state index >= 15 is 0 Å². The van der Waals surface area contributed by atoms with Crippen molar-refractivity contribution in [1.82, 2.24) is 14.7 Å². The average molecular weight is 334 g/mol. The van der Waals surface area contributed by atoms with Crippen LogP contribution in [0.4, 0.5) is 4.39 Å². The van der Waals surface area contributed by atoms with E-state index in [1.807, 2.05) is 13.0 Å². The molecule has 0 spiro atoms. The fourth-order valence-electron chi connectivity index (χ4n) is 2.33. The monoisotopic (exact) mass is 333 g/mol. The van der Waals surface area contributed by atoms with E-state index < -0.39 is 5.76 Å². The van der Waals surface area contributed by atoms with Gasteiger partial charge in [0.25, 0.3) is 0 Å². The van der Waals surface area contributed by atoms with Crippen molar-refractivity contribution in [1.29, 1.82) is 0 Å². The van der Waals surface area contributed by atoms with Crippen molar-refractivity contribution in [2.75, 3.05) is 0 Å². The standard InChI is InChI=1S/C16H13ClFN3O2/c1-10-6-12(7-14(17)19-10)9-21-15(20-23-16(21)22)8-11-2-4-13(18)5-3-11/h2-7H,8-9H2,1H3. The highest BCUT2D eigenvalue weighted by Gasteiger charge is 2.12. The molecule has 0 unspecified atom stereocenters. The molecule has 5 nitrogen and oxygen atoms in total. The van der Waals surface area contributed by atoms with Gasteiger partial charge in [0.05, 0.1) is 6.54 Å². The lowest BCUT2D eigenvalue weighted by molar-refractivity contribution is 0.375. The molecule has 0 N–H and O–H groups in total. The molecule has 0 radical (unpaired) electrons. The van der Waals surface area contributed by atoms with Crippen molar-refractivity contribution in [3.8, 4) is 0 Å². The molecule has 1 aromatic carbocycles. The summed E-state index contributed by atoms with van der Waals surface area (Å²) in [4.78, 5) is 16.0. The molecule has 23 heavy (non-hydrogen) atoms. The molecule has 0 aliphatic heterocycles. The molecule has 2 heterocycles. The summed E-state index contributed by atoms with van der Waals surface area (Å²) in [5.41, 5.74) is 2.42. The van der Waals surface area contributed by atoms with E-state index in [9.17, 15) is 9.18 Å². The van der Waals surface area contributed by atoms with Crippen LogP contribution in [0.1, 0.15) is 22.6 Å². The lowest BCUT2D eigenvalue weighted by Crippen LogP contribution is -2.18. The molecule has 0 atom stereocenters. The van der Waals surface area contributed by atoms with Crippen LogP contribution < -0.4 is 5.76 Å². The Hall–Kier alpha value is -2.47. The summed E-state index contributed by atoms with van der Waals surface area (Å²) in [6.45, 7) is 2.10. The number of rotatable bonds is 4. The molecule has 3 aromatic rings. The normalized spacial score (nSPS) is 10.9. The van der Waals surface area contributed by atoms with Crippen molar-refractivity contribution in [3.63, 3.8) is 0 Å². The van der Waals surface area contributed by atoms with Crippen molar-refractivity contribution in [3.05, 3.63) is 80.6 Å². The minimum absolute atomic E-state index is 0.280. The average Bonchev–Trinajstić information content (AvgIpc) is 2.82. The van der Waals surface area contributed by atoms with Gasteiger partial charge in [-0.05, 0) is 42.3 Å². The van der Waals surface area contributed by atoms with Gasteiger partial charge in [-0.25, -0.2) is 14.2 Å². The number of halogens is 2. The van der Waals surface area contributed by atoms with Gasteiger partial charge in [-0.1, -0.05) is 28.9 Å². The van der Waals surface area contributed by atoms with Crippen LogP contribution in [0, 0.1) is 12.7 Å². The maximum absolute atomic E-state index is 13.0. The molecule has 3 rings (SSSR count). The van der Waals surface area contributed by atoms with Crippen LogP contribution in [0.15, 0.2) is 45.7 Å². The van der Waals surface area contributed by atoms with E-state index in [-0.39, 0.29) is 12.4 Å². The molecule has 0 aliphatic rings. The first kappa shape index (κ1) is 15.4. The Bertz CT molecular complexity index is 867. The summed E-state index contributed by atoms with van der Waals surface area (Å²) in [5.74, 6) is -0.395. The van der Waals surface area contributed by atoms with Crippen LogP contribution in [0.3, 0.4) is 0 Å². The third-order valence-electron chi connectivity index (χ3n) is 3.36. The Labute approximate surface area is 136 Å². The highest BCUT2D eigenvalue weighted by Crippen LogP contribution is 2.13. The number of benzene rings is 1. The summed E-state index contributed by atoms with van der Waals surface area (Å²) >= 11 is 5.94. The summed E-state index contributed by atoms with van der Waals surface area (Å²) in [6, 6.07) is 9.55.